The minimum absolute atomic E-state index is 0.00787. The maximum absolute atomic E-state index is 12.3. The molecule has 1 aliphatic rings. The summed E-state index contributed by atoms with van der Waals surface area (Å²) in [6.45, 7) is 2.03. The average molecular weight is 273 g/mol. The largest absolute Gasteiger partial charge is 0.481 e. The molecular formula is C13H23NO3S. The molecule has 1 saturated carbocycles. The normalized spacial score (nSPS) is 24.8. The summed E-state index contributed by atoms with van der Waals surface area (Å²) >= 11 is 1.76. The quantitative estimate of drug-likeness (QED) is 0.805. The molecule has 1 N–H and O–H groups in total. The standard InChI is InChI=1S/C13H23NO3S/c1-9(7-8-18-3)14(2)12(15)10-5-4-6-11(10)13(16)17/h9-11H,4-8H2,1-3H3,(H,16,17)/t9?,10-,11+/m1/s1. The molecule has 1 fully saturated rings. The molecule has 0 aromatic rings. The van der Waals surface area contributed by atoms with Crippen LogP contribution in [-0.4, -0.2) is 47.0 Å². The van der Waals surface area contributed by atoms with Crippen molar-refractivity contribution < 1.29 is 14.7 Å². The number of aliphatic carboxylic acids is 1. The zero-order valence-corrected chi connectivity index (χ0v) is 12.2. The van der Waals surface area contributed by atoms with Gasteiger partial charge in [-0.25, -0.2) is 0 Å². The number of carbonyl (C=O) groups excluding carboxylic acids is 1. The first-order valence-electron chi connectivity index (χ1n) is 6.47. The van der Waals surface area contributed by atoms with Crippen molar-refractivity contribution in [3.63, 3.8) is 0 Å². The van der Waals surface area contributed by atoms with Crippen LogP contribution in [0.2, 0.25) is 0 Å². The number of amides is 1. The van der Waals surface area contributed by atoms with E-state index in [1.165, 1.54) is 0 Å². The lowest BCUT2D eigenvalue weighted by molar-refractivity contribution is -0.149. The second-order valence-electron chi connectivity index (χ2n) is 5.06. The molecule has 4 nitrogen and oxygen atoms in total. The van der Waals surface area contributed by atoms with E-state index in [1.54, 1.807) is 23.7 Å². The Hall–Kier alpha value is -0.710. The van der Waals surface area contributed by atoms with Crippen LogP contribution in [0.25, 0.3) is 0 Å². The fourth-order valence-corrected chi connectivity index (χ4v) is 3.09. The Kier molecular flexibility index (Phi) is 5.99. The third-order valence-electron chi connectivity index (χ3n) is 3.90. The van der Waals surface area contributed by atoms with E-state index in [1.807, 2.05) is 13.2 Å². The lowest BCUT2D eigenvalue weighted by Gasteiger charge is -2.28. The lowest BCUT2D eigenvalue weighted by atomic mass is 9.94. The van der Waals surface area contributed by atoms with Gasteiger partial charge in [-0.2, -0.15) is 11.8 Å². The van der Waals surface area contributed by atoms with Gasteiger partial charge in [0, 0.05) is 13.1 Å². The van der Waals surface area contributed by atoms with E-state index in [0.29, 0.717) is 6.42 Å². The Balaban J connectivity index is 2.59. The van der Waals surface area contributed by atoms with E-state index < -0.39 is 11.9 Å². The highest BCUT2D eigenvalue weighted by molar-refractivity contribution is 7.98. The van der Waals surface area contributed by atoms with Crippen molar-refractivity contribution >= 4 is 23.6 Å². The van der Waals surface area contributed by atoms with Crippen molar-refractivity contribution in [1.82, 2.24) is 4.90 Å². The molecule has 1 amide bonds. The average Bonchev–Trinajstić information content (AvgIpc) is 2.83. The molecule has 0 bridgehead atoms. The predicted molar refractivity (Wildman–Crippen MR) is 73.7 cm³/mol. The zero-order valence-electron chi connectivity index (χ0n) is 11.4. The summed E-state index contributed by atoms with van der Waals surface area (Å²) in [6.07, 6.45) is 5.20. The highest BCUT2D eigenvalue weighted by Crippen LogP contribution is 2.33. The SMILES string of the molecule is CSCCC(C)N(C)C(=O)[C@@H]1CCC[C@@H]1C(=O)O. The molecule has 0 aliphatic heterocycles. The Morgan fingerprint density at radius 2 is 2.00 bits per heavy atom. The second-order valence-corrected chi connectivity index (χ2v) is 6.05. The van der Waals surface area contributed by atoms with Crippen molar-refractivity contribution in [3.8, 4) is 0 Å². The molecule has 0 radical (unpaired) electrons. The van der Waals surface area contributed by atoms with Gasteiger partial charge in [-0.15, -0.1) is 0 Å². The van der Waals surface area contributed by atoms with Crippen LogP contribution < -0.4 is 0 Å². The topological polar surface area (TPSA) is 57.6 Å². The Morgan fingerprint density at radius 3 is 2.56 bits per heavy atom. The number of carboxylic acid groups (broad SMARTS) is 1. The van der Waals surface area contributed by atoms with Crippen molar-refractivity contribution in [1.29, 1.82) is 0 Å². The summed E-state index contributed by atoms with van der Waals surface area (Å²) in [4.78, 5) is 25.2. The minimum Gasteiger partial charge on any atom is -0.481 e. The van der Waals surface area contributed by atoms with Crippen LogP contribution in [-0.2, 0) is 9.59 Å². The molecule has 5 heteroatoms. The number of rotatable bonds is 6. The molecule has 1 unspecified atom stereocenters. The lowest BCUT2D eigenvalue weighted by Crippen LogP contribution is -2.41. The molecule has 0 aromatic carbocycles. The molecular weight excluding hydrogens is 250 g/mol. The summed E-state index contributed by atoms with van der Waals surface area (Å²) in [5.41, 5.74) is 0. The molecule has 104 valence electrons. The summed E-state index contributed by atoms with van der Waals surface area (Å²) in [6, 6.07) is 0.181. The van der Waals surface area contributed by atoms with E-state index >= 15 is 0 Å². The van der Waals surface area contributed by atoms with Crippen molar-refractivity contribution in [2.24, 2.45) is 11.8 Å². The molecule has 0 spiro atoms. The third-order valence-corrected chi connectivity index (χ3v) is 4.54. The molecule has 1 aliphatic carbocycles. The maximum Gasteiger partial charge on any atom is 0.307 e. The Labute approximate surface area is 113 Å². The van der Waals surface area contributed by atoms with Gasteiger partial charge in [0.2, 0.25) is 5.91 Å². The van der Waals surface area contributed by atoms with Crippen LogP contribution in [0.4, 0.5) is 0 Å². The molecule has 3 atom stereocenters. The van der Waals surface area contributed by atoms with Gasteiger partial charge in [-0.3, -0.25) is 9.59 Å². The van der Waals surface area contributed by atoms with Gasteiger partial charge in [0.05, 0.1) is 11.8 Å². The van der Waals surface area contributed by atoms with Gasteiger partial charge in [-0.05, 0) is 38.2 Å². The number of hydrogen-bond donors (Lipinski definition) is 1. The van der Waals surface area contributed by atoms with Gasteiger partial charge >= 0.3 is 5.97 Å². The molecule has 0 aromatic heterocycles. The van der Waals surface area contributed by atoms with Crippen LogP contribution in [0.1, 0.15) is 32.6 Å². The smallest absolute Gasteiger partial charge is 0.307 e. The number of carboxylic acids is 1. The third kappa shape index (κ3) is 3.64. The second kappa shape index (κ2) is 7.02. The van der Waals surface area contributed by atoms with E-state index in [2.05, 4.69) is 0 Å². The fourth-order valence-electron chi connectivity index (χ4n) is 2.51. The van der Waals surface area contributed by atoms with Gasteiger partial charge in [0.25, 0.3) is 0 Å². The fraction of sp³-hybridized carbons (Fsp3) is 0.846. The summed E-state index contributed by atoms with van der Waals surface area (Å²) in [5, 5.41) is 9.12. The summed E-state index contributed by atoms with van der Waals surface area (Å²) in [5.74, 6) is -0.590. The number of hydrogen-bond acceptors (Lipinski definition) is 3. The molecule has 0 saturated heterocycles. The number of thioether (sulfide) groups is 1. The number of nitrogens with zero attached hydrogens (tertiary/aromatic N) is 1. The van der Waals surface area contributed by atoms with Crippen LogP contribution in [0.15, 0.2) is 0 Å². The van der Waals surface area contributed by atoms with Crippen molar-refractivity contribution in [2.75, 3.05) is 19.1 Å². The van der Waals surface area contributed by atoms with E-state index in [0.717, 1.165) is 25.0 Å². The van der Waals surface area contributed by atoms with Crippen molar-refractivity contribution in [3.05, 3.63) is 0 Å². The van der Waals surface area contributed by atoms with Gasteiger partial charge in [-0.1, -0.05) is 6.42 Å². The van der Waals surface area contributed by atoms with Crippen LogP contribution in [0, 0.1) is 11.8 Å². The van der Waals surface area contributed by atoms with E-state index in [-0.39, 0.29) is 17.9 Å². The number of carbonyl (C=O) groups is 2. The zero-order chi connectivity index (χ0) is 13.7. The highest BCUT2D eigenvalue weighted by Gasteiger charge is 2.39. The summed E-state index contributed by atoms with van der Waals surface area (Å²) < 4.78 is 0. The Bertz CT molecular complexity index is 309. The first-order valence-corrected chi connectivity index (χ1v) is 7.86. The van der Waals surface area contributed by atoms with E-state index in [4.69, 9.17) is 5.11 Å². The van der Waals surface area contributed by atoms with Crippen LogP contribution >= 0.6 is 11.8 Å². The Morgan fingerprint density at radius 1 is 1.39 bits per heavy atom. The predicted octanol–water partition coefficient (Wildman–Crippen LogP) is 2.09. The molecule has 0 heterocycles. The van der Waals surface area contributed by atoms with Gasteiger partial charge in [0.15, 0.2) is 0 Å². The maximum atomic E-state index is 12.3. The monoisotopic (exact) mass is 273 g/mol. The van der Waals surface area contributed by atoms with Crippen molar-refractivity contribution in [2.45, 2.75) is 38.6 Å². The molecule has 18 heavy (non-hydrogen) atoms. The molecule has 1 rings (SSSR count). The first-order chi connectivity index (χ1) is 8.49. The van der Waals surface area contributed by atoms with Gasteiger partial charge < -0.3 is 10.0 Å². The van der Waals surface area contributed by atoms with Gasteiger partial charge in [0.1, 0.15) is 0 Å². The minimum atomic E-state index is -0.823. The summed E-state index contributed by atoms with van der Waals surface area (Å²) in [7, 11) is 1.80. The van der Waals surface area contributed by atoms with E-state index in [9.17, 15) is 9.59 Å². The highest BCUT2D eigenvalue weighted by atomic mass is 32.2. The van der Waals surface area contributed by atoms with Crippen LogP contribution in [0.5, 0.6) is 0 Å². The first kappa shape index (κ1) is 15.3. The van der Waals surface area contributed by atoms with Crippen LogP contribution in [0.3, 0.4) is 0 Å².